The van der Waals surface area contributed by atoms with Gasteiger partial charge in [-0.2, -0.15) is 0 Å². The van der Waals surface area contributed by atoms with Gasteiger partial charge in [-0.05, 0) is 55.9 Å². The second kappa shape index (κ2) is 7.69. The van der Waals surface area contributed by atoms with Crippen LogP contribution >= 0.6 is 0 Å². The molecule has 2 N–H and O–H groups in total. The predicted molar refractivity (Wildman–Crippen MR) is 90.2 cm³/mol. The fourth-order valence-electron chi connectivity index (χ4n) is 3.03. The Morgan fingerprint density at radius 3 is 2.67 bits per heavy atom. The molecule has 0 saturated carbocycles. The van der Waals surface area contributed by atoms with E-state index in [0.717, 1.165) is 38.3 Å². The fourth-order valence-corrected chi connectivity index (χ4v) is 3.03. The summed E-state index contributed by atoms with van der Waals surface area (Å²) < 4.78 is 5.92. The largest absolute Gasteiger partial charge is 0.493 e. The van der Waals surface area contributed by atoms with E-state index >= 15 is 0 Å². The van der Waals surface area contributed by atoms with E-state index in [1.807, 2.05) is 0 Å². The molecule has 1 saturated heterocycles. The number of benzene rings is 1. The second-order valence-corrected chi connectivity index (χ2v) is 6.48. The lowest BCUT2D eigenvalue weighted by Crippen LogP contribution is -2.39. The van der Waals surface area contributed by atoms with Gasteiger partial charge in [0.15, 0.2) is 0 Å². The standard InChI is InChI=1S/C18H30N2O/c1-4-5-14(2)13-21-17-6-7-18(15(3)12-17)20-10-8-16(19)9-11-20/h6-7,12,14,16H,4-5,8-11,13,19H2,1-3H3. The summed E-state index contributed by atoms with van der Waals surface area (Å²) in [7, 11) is 0. The number of nitrogens with two attached hydrogens (primary N) is 1. The van der Waals surface area contributed by atoms with Crippen LogP contribution in [0.3, 0.4) is 0 Å². The van der Waals surface area contributed by atoms with E-state index in [4.69, 9.17) is 10.5 Å². The zero-order chi connectivity index (χ0) is 15.2. The highest BCUT2D eigenvalue weighted by atomic mass is 16.5. The van der Waals surface area contributed by atoms with E-state index in [2.05, 4.69) is 43.9 Å². The maximum absolute atomic E-state index is 5.98. The van der Waals surface area contributed by atoms with Gasteiger partial charge in [-0.3, -0.25) is 0 Å². The first-order valence-corrected chi connectivity index (χ1v) is 8.34. The van der Waals surface area contributed by atoms with Crippen molar-refractivity contribution in [2.75, 3.05) is 24.6 Å². The molecule has 0 aromatic heterocycles. The van der Waals surface area contributed by atoms with Crippen molar-refractivity contribution in [2.45, 2.75) is 52.5 Å². The number of piperidine rings is 1. The van der Waals surface area contributed by atoms with E-state index in [0.29, 0.717) is 12.0 Å². The molecule has 1 aromatic carbocycles. The third-order valence-electron chi connectivity index (χ3n) is 4.36. The molecule has 1 atom stereocenters. The Kier molecular flexibility index (Phi) is 5.92. The third kappa shape index (κ3) is 4.63. The van der Waals surface area contributed by atoms with Crippen LogP contribution in [0, 0.1) is 12.8 Å². The minimum absolute atomic E-state index is 0.379. The Morgan fingerprint density at radius 1 is 1.33 bits per heavy atom. The van der Waals surface area contributed by atoms with Crippen LogP contribution in [0.5, 0.6) is 5.75 Å². The molecular formula is C18H30N2O. The van der Waals surface area contributed by atoms with Gasteiger partial charge >= 0.3 is 0 Å². The van der Waals surface area contributed by atoms with Gasteiger partial charge in [-0.25, -0.2) is 0 Å². The maximum atomic E-state index is 5.98. The van der Waals surface area contributed by atoms with E-state index in [1.165, 1.54) is 24.1 Å². The molecule has 0 spiro atoms. The third-order valence-corrected chi connectivity index (χ3v) is 4.36. The van der Waals surface area contributed by atoms with Gasteiger partial charge in [-0.1, -0.05) is 20.3 Å². The monoisotopic (exact) mass is 290 g/mol. The second-order valence-electron chi connectivity index (χ2n) is 6.48. The lowest BCUT2D eigenvalue weighted by Gasteiger charge is -2.33. The number of ether oxygens (including phenoxy) is 1. The highest BCUT2D eigenvalue weighted by Crippen LogP contribution is 2.27. The van der Waals surface area contributed by atoms with Crippen LogP contribution in [0.2, 0.25) is 0 Å². The summed E-state index contributed by atoms with van der Waals surface area (Å²) in [5, 5.41) is 0. The van der Waals surface area contributed by atoms with Crippen molar-refractivity contribution in [3.8, 4) is 5.75 Å². The van der Waals surface area contributed by atoms with Gasteiger partial charge in [0.25, 0.3) is 0 Å². The minimum Gasteiger partial charge on any atom is -0.493 e. The van der Waals surface area contributed by atoms with Crippen molar-refractivity contribution < 1.29 is 4.74 Å². The van der Waals surface area contributed by atoms with Crippen molar-refractivity contribution in [3.05, 3.63) is 23.8 Å². The van der Waals surface area contributed by atoms with E-state index in [1.54, 1.807) is 0 Å². The summed E-state index contributed by atoms with van der Waals surface area (Å²) in [6, 6.07) is 6.86. The summed E-state index contributed by atoms with van der Waals surface area (Å²) in [6.07, 6.45) is 4.63. The maximum Gasteiger partial charge on any atom is 0.119 e. The number of hydrogen-bond acceptors (Lipinski definition) is 3. The number of rotatable bonds is 6. The molecule has 0 radical (unpaired) electrons. The molecule has 1 heterocycles. The van der Waals surface area contributed by atoms with Crippen LogP contribution in [0.1, 0.15) is 45.1 Å². The molecule has 1 fully saturated rings. The van der Waals surface area contributed by atoms with E-state index < -0.39 is 0 Å². The van der Waals surface area contributed by atoms with Gasteiger partial charge in [-0.15, -0.1) is 0 Å². The molecule has 3 heteroatoms. The van der Waals surface area contributed by atoms with Crippen molar-refractivity contribution >= 4 is 5.69 Å². The lowest BCUT2D eigenvalue weighted by atomic mass is 10.0. The molecular weight excluding hydrogens is 260 g/mol. The number of aryl methyl sites for hydroxylation is 1. The molecule has 0 aliphatic carbocycles. The molecule has 1 aromatic rings. The first-order valence-electron chi connectivity index (χ1n) is 8.34. The Morgan fingerprint density at radius 2 is 2.05 bits per heavy atom. The van der Waals surface area contributed by atoms with Gasteiger partial charge in [0.2, 0.25) is 0 Å². The Bertz CT molecular complexity index is 439. The molecule has 1 unspecified atom stereocenters. The number of hydrogen-bond donors (Lipinski definition) is 1. The van der Waals surface area contributed by atoms with Crippen LogP contribution in [0.4, 0.5) is 5.69 Å². The van der Waals surface area contributed by atoms with Crippen LogP contribution in [-0.2, 0) is 0 Å². The summed E-state index contributed by atoms with van der Waals surface area (Å²) in [5.74, 6) is 1.62. The summed E-state index contributed by atoms with van der Waals surface area (Å²) >= 11 is 0. The van der Waals surface area contributed by atoms with Crippen molar-refractivity contribution in [1.29, 1.82) is 0 Å². The molecule has 2 rings (SSSR count). The average molecular weight is 290 g/mol. The first kappa shape index (κ1) is 16.2. The zero-order valence-electron chi connectivity index (χ0n) is 13.8. The normalized spacial score (nSPS) is 17.8. The molecule has 118 valence electrons. The first-order chi connectivity index (χ1) is 10.1. The molecule has 1 aliphatic heterocycles. The summed E-state index contributed by atoms with van der Waals surface area (Å²) in [6.45, 7) is 9.59. The quantitative estimate of drug-likeness (QED) is 0.867. The SMILES string of the molecule is CCCC(C)COc1ccc(N2CCC(N)CC2)c(C)c1. The Balaban J connectivity index is 1.94. The minimum atomic E-state index is 0.379. The molecule has 0 bridgehead atoms. The molecule has 3 nitrogen and oxygen atoms in total. The van der Waals surface area contributed by atoms with E-state index in [-0.39, 0.29) is 0 Å². The highest BCUT2D eigenvalue weighted by Gasteiger charge is 2.17. The van der Waals surface area contributed by atoms with E-state index in [9.17, 15) is 0 Å². The van der Waals surface area contributed by atoms with Gasteiger partial charge in [0.05, 0.1) is 6.61 Å². The van der Waals surface area contributed by atoms with Gasteiger partial charge in [0.1, 0.15) is 5.75 Å². The van der Waals surface area contributed by atoms with Crippen LogP contribution < -0.4 is 15.4 Å². The number of nitrogens with zero attached hydrogens (tertiary/aromatic N) is 1. The predicted octanol–water partition coefficient (Wildman–Crippen LogP) is 3.74. The molecule has 21 heavy (non-hydrogen) atoms. The smallest absolute Gasteiger partial charge is 0.119 e. The number of anilines is 1. The lowest BCUT2D eigenvalue weighted by molar-refractivity contribution is 0.251. The molecule has 1 aliphatic rings. The average Bonchev–Trinajstić information content (AvgIpc) is 2.47. The van der Waals surface area contributed by atoms with Crippen LogP contribution in [0.15, 0.2) is 18.2 Å². The zero-order valence-corrected chi connectivity index (χ0v) is 13.8. The van der Waals surface area contributed by atoms with Crippen LogP contribution in [0.25, 0.3) is 0 Å². The topological polar surface area (TPSA) is 38.5 Å². The van der Waals surface area contributed by atoms with Crippen molar-refractivity contribution in [3.63, 3.8) is 0 Å². The van der Waals surface area contributed by atoms with Crippen molar-refractivity contribution in [1.82, 2.24) is 0 Å². The summed E-state index contributed by atoms with van der Waals surface area (Å²) in [5.41, 5.74) is 8.61. The highest BCUT2D eigenvalue weighted by molar-refractivity contribution is 5.56. The fraction of sp³-hybridized carbons (Fsp3) is 0.667. The van der Waals surface area contributed by atoms with Crippen LogP contribution in [-0.4, -0.2) is 25.7 Å². The Labute approximate surface area is 129 Å². The van der Waals surface area contributed by atoms with Crippen molar-refractivity contribution in [2.24, 2.45) is 11.7 Å². The summed E-state index contributed by atoms with van der Waals surface area (Å²) in [4.78, 5) is 2.45. The Hall–Kier alpha value is -1.22. The van der Waals surface area contributed by atoms with Gasteiger partial charge in [0, 0.05) is 24.8 Å². The van der Waals surface area contributed by atoms with Gasteiger partial charge < -0.3 is 15.4 Å². The molecule has 0 amide bonds.